The summed E-state index contributed by atoms with van der Waals surface area (Å²) in [5.41, 5.74) is 1.39. The van der Waals surface area contributed by atoms with Crippen molar-refractivity contribution in [2.75, 3.05) is 0 Å². The van der Waals surface area contributed by atoms with Crippen molar-refractivity contribution >= 4 is 27.2 Å². The van der Waals surface area contributed by atoms with Crippen LogP contribution in [-0.2, 0) is 26.1 Å². The van der Waals surface area contributed by atoms with E-state index in [0.717, 1.165) is 40.2 Å². The number of aromatic nitrogens is 6. The molecule has 4 aromatic rings. The van der Waals surface area contributed by atoms with E-state index in [1.54, 1.807) is 22.2 Å². The molecule has 0 radical (unpaired) electrons. The third-order valence-electron chi connectivity index (χ3n) is 6.01. The van der Waals surface area contributed by atoms with Crippen molar-refractivity contribution in [3.8, 4) is 11.5 Å². The molecule has 0 amide bonds. The fraction of sp³-hybridized carbons (Fsp3) is 0.500. The van der Waals surface area contributed by atoms with Crippen LogP contribution in [0.3, 0.4) is 0 Å². The summed E-state index contributed by atoms with van der Waals surface area (Å²) in [6, 6.07) is 0.983. The highest BCUT2D eigenvalue weighted by Crippen LogP contribution is 2.43. The quantitative estimate of drug-likeness (QED) is 0.427. The van der Waals surface area contributed by atoms with Crippen LogP contribution in [0.15, 0.2) is 12.4 Å². The van der Waals surface area contributed by atoms with Gasteiger partial charge in [0.15, 0.2) is 5.65 Å². The molecule has 6 nitrogen and oxygen atoms in total. The molecule has 0 spiro atoms. The topological polar surface area (TPSA) is 60.9 Å². The molecule has 30 heavy (non-hydrogen) atoms. The zero-order valence-electron chi connectivity index (χ0n) is 17.1. The van der Waals surface area contributed by atoms with Gasteiger partial charge in [0.25, 0.3) is 0 Å². The van der Waals surface area contributed by atoms with Crippen molar-refractivity contribution in [1.29, 1.82) is 0 Å². The summed E-state index contributed by atoms with van der Waals surface area (Å²) in [6.07, 6.45) is 0.152. The zero-order valence-corrected chi connectivity index (χ0v) is 17.9. The Kier molecular flexibility index (Phi) is 4.06. The summed E-state index contributed by atoms with van der Waals surface area (Å²) < 4.78 is 41.8. The lowest BCUT2D eigenvalue weighted by Gasteiger charge is -2.33. The van der Waals surface area contributed by atoms with Gasteiger partial charge in [0, 0.05) is 11.9 Å². The van der Waals surface area contributed by atoms with Crippen LogP contribution in [0.1, 0.15) is 43.3 Å². The van der Waals surface area contributed by atoms with Crippen LogP contribution in [0, 0.1) is 11.3 Å². The number of rotatable bonds is 1. The molecule has 0 N–H and O–H groups in total. The summed E-state index contributed by atoms with van der Waals surface area (Å²) in [4.78, 5) is 11.3. The summed E-state index contributed by atoms with van der Waals surface area (Å²) in [5.74, 6) is 0.774. The lowest BCUT2D eigenvalue weighted by Crippen LogP contribution is -2.26. The molecule has 0 bridgehead atoms. The maximum Gasteiger partial charge on any atom is 0.433 e. The van der Waals surface area contributed by atoms with Crippen LogP contribution in [0.25, 0.3) is 27.4 Å². The molecule has 5 rings (SSSR count). The van der Waals surface area contributed by atoms with Gasteiger partial charge in [-0.05, 0) is 42.2 Å². The summed E-state index contributed by atoms with van der Waals surface area (Å²) in [7, 11) is 1.27. The molecular formula is C20H21F3N6S. The molecule has 4 aromatic heterocycles. The third-order valence-corrected chi connectivity index (χ3v) is 7.17. The summed E-state index contributed by atoms with van der Waals surface area (Å²) >= 11 is 1.69. The van der Waals surface area contributed by atoms with Gasteiger partial charge in [0.05, 0.1) is 5.39 Å². The predicted octanol–water partition coefficient (Wildman–Crippen LogP) is 4.91. The van der Waals surface area contributed by atoms with Gasteiger partial charge < -0.3 is 0 Å². The number of aryl methyl sites for hydroxylation is 2. The Balaban J connectivity index is 1.63. The number of thiophene rings is 1. The van der Waals surface area contributed by atoms with Crippen molar-refractivity contribution in [2.24, 2.45) is 18.4 Å². The molecule has 4 heterocycles. The Morgan fingerprint density at radius 2 is 1.93 bits per heavy atom. The first kappa shape index (κ1) is 19.5. The van der Waals surface area contributed by atoms with Crippen molar-refractivity contribution < 1.29 is 13.2 Å². The van der Waals surface area contributed by atoms with Crippen LogP contribution >= 0.6 is 11.3 Å². The van der Waals surface area contributed by atoms with Gasteiger partial charge in [0.1, 0.15) is 22.5 Å². The molecule has 1 atom stereocenters. The van der Waals surface area contributed by atoms with Crippen molar-refractivity contribution in [3.05, 3.63) is 28.5 Å². The molecule has 0 saturated heterocycles. The van der Waals surface area contributed by atoms with Crippen LogP contribution in [0.5, 0.6) is 0 Å². The lowest BCUT2D eigenvalue weighted by atomic mass is 9.72. The van der Waals surface area contributed by atoms with E-state index in [4.69, 9.17) is 0 Å². The smallest absolute Gasteiger partial charge is 0.263 e. The first-order chi connectivity index (χ1) is 14.0. The molecule has 1 aliphatic rings. The van der Waals surface area contributed by atoms with E-state index < -0.39 is 11.9 Å². The third kappa shape index (κ3) is 3.00. The average molecular weight is 434 g/mol. The Hall–Kier alpha value is -2.49. The van der Waals surface area contributed by atoms with Gasteiger partial charge in [-0.1, -0.05) is 20.8 Å². The van der Waals surface area contributed by atoms with Crippen molar-refractivity contribution in [1.82, 2.24) is 29.4 Å². The van der Waals surface area contributed by atoms with E-state index >= 15 is 0 Å². The maximum absolute atomic E-state index is 13.1. The Morgan fingerprint density at radius 1 is 1.17 bits per heavy atom. The molecule has 10 heteroatoms. The van der Waals surface area contributed by atoms with Gasteiger partial charge in [-0.25, -0.2) is 14.5 Å². The van der Waals surface area contributed by atoms with E-state index in [2.05, 4.69) is 40.9 Å². The van der Waals surface area contributed by atoms with Crippen LogP contribution in [-0.4, -0.2) is 29.4 Å². The highest BCUT2D eigenvalue weighted by atomic mass is 32.1. The standard InChI is InChI=1S/C20H21F3N6S/c1-19(2,3)10-5-6-11-13(7-10)30-18-15(11)17-25-16(27-29(17)9-24-18)12-8-14(20(21,22)23)28(4)26-12/h8-10H,5-7H2,1-4H3/t10-/m1/s1. The Morgan fingerprint density at radius 3 is 2.60 bits per heavy atom. The summed E-state index contributed by atoms with van der Waals surface area (Å²) in [5, 5.41) is 9.30. The van der Waals surface area contributed by atoms with Crippen molar-refractivity contribution in [2.45, 2.75) is 46.2 Å². The van der Waals surface area contributed by atoms with Gasteiger partial charge in [-0.3, -0.25) is 4.68 Å². The molecule has 0 unspecified atom stereocenters. The van der Waals surface area contributed by atoms with Crippen LogP contribution in [0.2, 0.25) is 0 Å². The first-order valence-corrected chi connectivity index (χ1v) is 10.6. The van der Waals surface area contributed by atoms with Crippen LogP contribution in [0.4, 0.5) is 13.2 Å². The fourth-order valence-corrected chi connectivity index (χ4v) is 5.53. The molecule has 1 aliphatic carbocycles. The van der Waals surface area contributed by atoms with E-state index in [-0.39, 0.29) is 16.9 Å². The van der Waals surface area contributed by atoms with E-state index in [1.165, 1.54) is 17.5 Å². The number of fused-ring (bicyclic) bond motifs is 5. The molecular weight excluding hydrogens is 413 g/mol. The minimum Gasteiger partial charge on any atom is -0.263 e. The van der Waals surface area contributed by atoms with Gasteiger partial charge in [-0.15, -0.1) is 16.4 Å². The monoisotopic (exact) mass is 434 g/mol. The SMILES string of the molecule is Cn1nc(-c2nc3c4c5c(sc4ncn3n2)C[C@H](C(C)(C)C)CC5)cc1C(F)(F)F. The number of hydrogen-bond acceptors (Lipinski definition) is 5. The van der Waals surface area contributed by atoms with Gasteiger partial charge >= 0.3 is 6.18 Å². The Bertz CT molecular complexity index is 1270. The molecule has 0 aromatic carbocycles. The average Bonchev–Trinajstić information content (AvgIpc) is 3.32. The fourth-order valence-electron chi connectivity index (χ4n) is 4.26. The largest absolute Gasteiger partial charge is 0.433 e. The molecule has 0 saturated carbocycles. The van der Waals surface area contributed by atoms with Gasteiger partial charge in [-0.2, -0.15) is 18.3 Å². The second kappa shape index (κ2) is 6.26. The normalized spacial score (nSPS) is 17.8. The number of alkyl halides is 3. The highest BCUT2D eigenvalue weighted by Gasteiger charge is 2.36. The van der Waals surface area contributed by atoms with E-state index in [0.29, 0.717) is 11.6 Å². The molecule has 0 aliphatic heterocycles. The molecule has 158 valence electrons. The van der Waals surface area contributed by atoms with Crippen LogP contribution < -0.4 is 0 Å². The Labute approximate surface area is 174 Å². The lowest BCUT2D eigenvalue weighted by molar-refractivity contribution is -0.143. The highest BCUT2D eigenvalue weighted by molar-refractivity contribution is 7.19. The zero-order chi connectivity index (χ0) is 21.4. The second-order valence-corrected chi connectivity index (χ2v) is 10.1. The first-order valence-electron chi connectivity index (χ1n) is 9.79. The predicted molar refractivity (Wildman–Crippen MR) is 108 cm³/mol. The van der Waals surface area contributed by atoms with Crippen molar-refractivity contribution in [3.63, 3.8) is 0 Å². The van der Waals surface area contributed by atoms with E-state index in [9.17, 15) is 13.2 Å². The van der Waals surface area contributed by atoms with Gasteiger partial charge in [0.2, 0.25) is 5.82 Å². The minimum atomic E-state index is -4.48. The second-order valence-electron chi connectivity index (χ2n) is 8.97. The summed E-state index contributed by atoms with van der Waals surface area (Å²) in [6.45, 7) is 6.83. The number of nitrogens with zero attached hydrogens (tertiary/aromatic N) is 6. The minimum absolute atomic E-state index is 0.0959. The number of hydrogen-bond donors (Lipinski definition) is 0. The van der Waals surface area contributed by atoms with E-state index in [1.807, 2.05) is 0 Å². The molecule has 0 fully saturated rings. The number of halogens is 3. The maximum atomic E-state index is 13.1.